The normalized spacial score (nSPS) is 19.1. The highest BCUT2D eigenvalue weighted by Gasteiger charge is 2.19. The molecule has 0 saturated carbocycles. The summed E-state index contributed by atoms with van der Waals surface area (Å²) in [7, 11) is 1.62. The van der Waals surface area contributed by atoms with Crippen LogP contribution < -0.4 is 15.4 Å². The SMILES string of the molecule is CCNc1ncnc(NC2CCOC2)c1OC. The molecule has 0 spiro atoms. The molecule has 0 aromatic carbocycles. The number of rotatable bonds is 5. The molecule has 1 aromatic rings. The van der Waals surface area contributed by atoms with Gasteiger partial charge in [0.2, 0.25) is 5.75 Å². The topological polar surface area (TPSA) is 68.3 Å². The number of aromatic nitrogens is 2. The molecule has 0 bridgehead atoms. The van der Waals surface area contributed by atoms with E-state index in [9.17, 15) is 0 Å². The second kappa shape index (κ2) is 5.67. The van der Waals surface area contributed by atoms with E-state index in [2.05, 4.69) is 20.6 Å². The Balaban J connectivity index is 2.16. The van der Waals surface area contributed by atoms with Gasteiger partial charge in [-0.25, -0.2) is 9.97 Å². The summed E-state index contributed by atoms with van der Waals surface area (Å²) in [6.07, 6.45) is 2.52. The Morgan fingerprint density at radius 1 is 1.47 bits per heavy atom. The van der Waals surface area contributed by atoms with Crippen molar-refractivity contribution < 1.29 is 9.47 Å². The summed E-state index contributed by atoms with van der Waals surface area (Å²) in [5.74, 6) is 2.08. The van der Waals surface area contributed by atoms with Crippen LogP contribution in [0.15, 0.2) is 6.33 Å². The van der Waals surface area contributed by atoms with Crippen LogP contribution in [0.3, 0.4) is 0 Å². The van der Waals surface area contributed by atoms with Crippen LogP contribution in [0.4, 0.5) is 11.6 Å². The number of anilines is 2. The molecule has 6 nitrogen and oxygen atoms in total. The highest BCUT2D eigenvalue weighted by molar-refractivity contribution is 5.63. The molecule has 17 heavy (non-hydrogen) atoms. The lowest BCUT2D eigenvalue weighted by Crippen LogP contribution is -2.20. The third-order valence-corrected chi connectivity index (χ3v) is 2.62. The average Bonchev–Trinajstić information content (AvgIpc) is 2.83. The number of nitrogens with one attached hydrogen (secondary N) is 2. The molecule has 2 rings (SSSR count). The molecule has 1 saturated heterocycles. The van der Waals surface area contributed by atoms with Gasteiger partial charge in [-0.05, 0) is 13.3 Å². The molecule has 1 unspecified atom stereocenters. The Morgan fingerprint density at radius 2 is 2.29 bits per heavy atom. The van der Waals surface area contributed by atoms with Crippen molar-refractivity contribution in [2.75, 3.05) is 37.5 Å². The highest BCUT2D eigenvalue weighted by atomic mass is 16.5. The van der Waals surface area contributed by atoms with Crippen molar-refractivity contribution in [1.29, 1.82) is 0 Å². The zero-order valence-corrected chi connectivity index (χ0v) is 10.2. The van der Waals surface area contributed by atoms with E-state index in [0.29, 0.717) is 30.0 Å². The summed E-state index contributed by atoms with van der Waals surface area (Å²) < 4.78 is 10.7. The fourth-order valence-electron chi connectivity index (χ4n) is 1.80. The Morgan fingerprint density at radius 3 is 2.94 bits per heavy atom. The fraction of sp³-hybridized carbons (Fsp3) is 0.636. The van der Waals surface area contributed by atoms with Crippen LogP contribution in [0.25, 0.3) is 0 Å². The van der Waals surface area contributed by atoms with Crippen molar-refractivity contribution in [2.45, 2.75) is 19.4 Å². The minimum atomic E-state index is 0.299. The third kappa shape index (κ3) is 2.76. The third-order valence-electron chi connectivity index (χ3n) is 2.62. The summed E-state index contributed by atoms with van der Waals surface area (Å²) in [6.45, 7) is 4.31. The van der Waals surface area contributed by atoms with Gasteiger partial charge in [-0.2, -0.15) is 0 Å². The van der Waals surface area contributed by atoms with Crippen LogP contribution in [-0.2, 0) is 4.74 Å². The van der Waals surface area contributed by atoms with Crippen molar-refractivity contribution in [2.24, 2.45) is 0 Å². The molecule has 94 valence electrons. The molecule has 2 heterocycles. The standard InChI is InChI=1S/C11H18N4O2/c1-3-12-10-9(16-2)11(14-7-13-10)15-8-4-5-17-6-8/h7-8H,3-6H2,1-2H3,(H2,12,13,14,15). The summed E-state index contributed by atoms with van der Waals surface area (Å²) >= 11 is 0. The van der Waals surface area contributed by atoms with Crippen molar-refractivity contribution >= 4 is 11.6 Å². The molecule has 0 aliphatic carbocycles. The van der Waals surface area contributed by atoms with Crippen molar-refractivity contribution in [3.63, 3.8) is 0 Å². The molecule has 1 fully saturated rings. The van der Waals surface area contributed by atoms with Gasteiger partial charge in [0.15, 0.2) is 11.6 Å². The van der Waals surface area contributed by atoms with E-state index < -0.39 is 0 Å². The predicted octanol–water partition coefficient (Wildman–Crippen LogP) is 1.12. The van der Waals surface area contributed by atoms with E-state index in [4.69, 9.17) is 9.47 Å². The number of methoxy groups -OCH3 is 1. The van der Waals surface area contributed by atoms with Crippen molar-refractivity contribution in [1.82, 2.24) is 9.97 Å². The molecule has 0 radical (unpaired) electrons. The molecule has 1 atom stereocenters. The summed E-state index contributed by atoms with van der Waals surface area (Å²) in [5, 5.41) is 6.46. The van der Waals surface area contributed by atoms with Gasteiger partial charge in [-0.15, -0.1) is 0 Å². The molecule has 1 aromatic heterocycles. The van der Waals surface area contributed by atoms with E-state index in [1.807, 2.05) is 6.92 Å². The van der Waals surface area contributed by atoms with Crippen LogP contribution in [0.1, 0.15) is 13.3 Å². The van der Waals surface area contributed by atoms with E-state index in [0.717, 1.165) is 19.6 Å². The van der Waals surface area contributed by atoms with Crippen LogP contribution in [-0.4, -0.2) is 42.9 Å². The smallest absolute Gasteiger partial charge is 0.204 e. The van der Waals surface area contributed by atoms with Gasteiger partial charge in [0, 0.05) is 13.2 Å². The Hall–Kier alpha value is -1.56. The van der Waals surface area contributed by atoms with Crippen LogP contribution in [0, 0.1) is 0 Å². The van der Waals surface area contributed by atoms with E-state index in [1.54, 1.807) is 7.11 Å². The first-order valence-corrected chi connectivity index (χ1v) is 5.82. The van der Waals surface area contributed by atoms with Gasteiger partial charge < -0.3 is 20.1 Å². The van der Waals surface area contributed by atoms with Gasteiger partial charge in [0.1, 0.15) is 6.33 Å². The monoisotopic (exact) mass is 238 g/mol. The maximum Gasteiger partial charge on any atom is 0.204 e. The summed E-state index contributed by atoms with van der Waals surface area (Å²) in [4.78, 5) is 8.37. The van der Waals surface area contributed by atoms with Gasteiger partial charge in [-0.1, -0.05) is 0 Å². The molecular formula is C11H18N4O2. The first-order valence-electron chi connectivity index (χ1n) is 5.82. The number of hydrogen-bond acceptors (Lipinski definition) is 6. The van der Waals surface area contributed by atoms with E-state index in [1.165, 1.54) is 6.33 Å². The maximum atomic E-state index is 5.35. The fourth-order valence-corrected chi connectivity index (χ4v) is 1.80. The largest absolute Gasteiger partial charge is 0.490 e. The van der Waals surface area contributed by atoms with Crippen molar-refractivity contribution in [3.8, 4) is 5.75 Å². The minimum Gasteiger partial charge on any atom is -0.490 e. The number of ether oxygens (including phenoxy) is 2. The van der Waals surface area contributed by atoms with E-state index >= 15 is 0 Å². The lowest BCUT2D eigenvalue weighted by atomic mass is 10.2. The highest BCUT2D eigenvalue weighted by Crippen LogP contribution is 2.29. The molecule has 1 aliphatic heterocycles. The predicted molar refractivity (Wildman–Crippen MR) is 65.6 cm³/mol. The summed E-state index contributed by atoms with van der Waals surface area (Å²) in [6, 6.07) is 0.299. The first kappa shape index (κ1) is 11.9. The van der Waals surface area contributed by atoms with Gasteiger partial charge >= 0.3 is 0 Å². The second-order valence-electron chi connectivity index (χ2n) is 3.84. The van der Waals surface area contributed by atoms with Crippen molar-refractivity contribution in [3.05, 3.63) is 6.33 Å². The van der Waals surface area contributed by atoms with E-state index in [-0.39, 0.29) is 0 Å². The quantitative estimate of drug-likeness (QED) is 0.801. The molecule has 0 amide bonds. The van der Waals surface area contributed by atoms with Crippen LogP contribution >= 0.6 is 0 Å². The Kier molecular flexibility index (Phi) is 3.98. The number of hydrogen-bond donors (Lipinski definition) is 2. The van der Waals surface area contributed by atoms with Crippen LogP contribution in [0.5, 0.6) is 5.75 Å². The molecule has 2 N–H and O–H groups in total. The van der Waals surface area contributed by atoms with Gasteiger partial charge in [0.25, 0.3) is 0 Å². The van der Waals surface area contributed by atoms with Gasteiger partial charge in [0.05, 0.1) is 19.8 Å². The summed E-state index contributed by atoms with van der Waals surface area (Å²) in [5.41, 5.74) is 0. The first-order chi connectivity index (χ1) is 8.35. The zero-order chi connectivity index (χ0) is 12.1. The zero-order valence-electron chi connectivity index (χ0n) is 10.2. The molecular weight excluding hydrogens is 220 g/mol. The average molecular weight is 238 g/mol. The minimum absolute atomic E-state index is 0.299. The number of nitrogens with zero attached hydrogens (tertiary/aromatic N) is 2. The lowest BCUT2D eigenvalue weighted by molar-refractivity contribution is 0.195. The maximum absolute atomic E-state index is 5.35. The Bertz CT molecular complexity index is 366. The second-order valence-corrected chi connectivity index (χ2v) is 3.84. The molecule has 1 aliphatic rings. The Labute approximate surface area is 101 Å². The van der Waals surface area contributed by atoms with Gasteiger partial charge in [-0.3, -0.25) is 0 Å². The molecule has 6 heteroatoms. The van der Waals surface area contributed by atoms with Crippen LogP contribution in [0.2, 0.25) is 0 Å². The lowest BCUT2D eigenvalue weighted by Gasteiger charge is -2.16.